The van der Waals surface area contributed by atoms with Crippen molar-refractivity contribution in [3.8, 4) is 0 Å². The van der Waals surface area contributed by atoms with Gasteiger partial charge in [0.05, 0.1) is 13.2 Å². The van der Waals surface area contributed by atoms with Gasteiger partial charge in [0.1, 0.15) is 12.3 Å². The van der Waals surface area contributed by atoms with Gasteiger partial charge in [-0.3, -0.25) is 9.69 Å². The summed E-state index contributed by atoms with van der Waals surface area (Å²) >= 11 is 0. The summed E-state index contributed by atoms with van der Waals surface area (Å²) < 4.78 is 10.8. The highest BCUT2D eigenvalue weighted by atomic mass is 127. The van der Waals surface area contributed by atoms with Gasteiger partial charge in [-0.25, -0.2) is 4.99 Å². The number of amides is 1. The number of halogens is 1. The number of nitrogens with zero attached hydrogens (tertiary/aromatic N) is 2. The zero-order chi connectivity index (χ0) is 18.9. The van der Waals surface area contributed by atoms with E-state index >= 15 is 0 Å². The minimum atomic E-state index is -0.574. The van der Waals surface area contributed by atoms with Gasteiger partial charge in [-0.1, -0.05) is 13.8 Å². The first kappa shape index (κ1) is 23.7. The quantitative estimate of drug-likeness (QED) is 0.288. The van der Waals surface area contributed by atoms with E-state index in [0.717, 1.165) is 45.4 Å². The summed E-state index contributed by atoms with van der Waals surface area (Å²) in [4.78, 5) is 18.1. The Morgan fingerprint density at radius 2 is 2.00 bits per heavy atom. The molecule has 1 fully saturated rings. The highest BCUT2D eigenvalue weighted by Crippen LogP contribution is 2.12. The second-order valence-corrected chi connectivity index (χ2v) is 6.67. The van der Waals surface area contributed by atoms with Crippen molar-refractivity contribution in [2.75, 3.05) is 39.4 Å². The molecule has 1 atom stereocenters. The first-order valence-electron chi connectivity index (χ1n) is 9.23. The molecule has 0 spiro atoms. The Morgan fingerprint density at radius 1 is 1.30 bits per heavy atom. The summed E-state index contributed by atoms with van der Waals surface area (Å²) in [5.74, 6) is 1.43. The van der Waals surface area contributed by atoms with Gasteiger partial charge in [0, 0.05) is 32.2 Å². The summed E-state index contributed by atoms with van der Waals surface area (Å²) in [5, 5.41) is 6.66. The Hall–Kier alpha value is -1.33. The predicted octanol–water partition coefficient (Wildman–Crippen LogP) is 1.41. The number of nitrogens with two attached hydrogens (primary N) is 1. The lowest BCUT2D eigenvalue weighted by Crippen LogP contribution is -2.52. The van der Waals surface area contributed by atoms with E-state index in [1.807, 2.05) is 6.92 Å². The van der Waals surface area contributed by atoms with Gasteiger partial charge in [-0.2, -0.15) is 0 Å². The zero-order valence-electron chi connectivity index (χ0n) is 16.4. The smallest absolute Gasteiger partial charge is 0.284 e. The third-order valence-electron chi connectivity index (χ3n) is 4.40. The maximum Gasteiger partial charge on any atom is 0.284 e. The molecule has 1 unspecified atom stereocenters. The van der Waals surface area contributed by atoms with Crippen LogP contribution in [0.5, 0.6) is 0 Å². The van der Waals surface area contributed by atoms with Gasteiger partial charge < -0.3 is 25.5 Å². The molecule has 1 aliphatic rings. The predicted molar refractivity (Wildman–Crippen MR) is 116 cm³/mol. The van der Waals surface area contributed by atoms with Crippen LogP contribution < -0.4 is 16.4 Å². The molecule has 8 nitrogen and oxygen atoms in total. The number of carbonyl (C=O) groups excluding carboxylic acids is 1. The molecule has 1 saturated heterocycles. The van der Waals surface area contributed by atoms with Crippen molar-refractivity contribution < 1.29 is 13.9 Å². The van der Waals surface area contributed by atoms with Crippen molar-refractivity contribution in [3.63, 3.8) is 0 Å². The molecule has 0 bridgehead atoms. The number of furan rings is 1. The first-order valence-corrected chi connectivity index (χ1v) is 9.23. The third kappa shape index (κ3) is 7.67. The summed E-state index contributed by atoms with van der Waals surface area (Å²) in [7, 11) is 0. The number of rotatable bonds is 8. The van der Waals surface area contributed by atoms with Crippen molar-refractivity contribution in [3.05, 3.63) is 23.7 Å². The van der Waals surface area contributed by atoms with Crippen molar-refractivity contribution >= 4 is 35.8 Å². The molecule has 1 amide bonds. The molecule has 154 valence electrons. The molecule has 0 aliphatic carbocycles. The van der Waals surface area contributed by atoms with E-state index in [2.05, 4.69) is 34.4 Å². The second kappa shape index (κ2) is 12.2. The van der Waals surface area contributed by atoms with Crippen LogP contribution in [0.4, 0.5) is 0 Å². The Bertz CT molecular complexity index is 600. The van der Waals surface area contributed by atoms with Crippen LogP contribution in [0, 0.1) is 5.92 Å². The second-order valence-electron chi connectivity index (χ2n) is 6.67. The summed E-state index contributed by atoms with van der Waals surface area (Å²) in [6.07, 6.45) is 0. The van der Waals surface area contributed by atoms with Crippen LogP contribution >= 0.6 is 24.0 Å². The average Bonchev–Trinajstić information content (AvgIpc) is 3.10. The van der Waals surface area contributed by atoms with Crippen LogP contribution in [0.1, 0.15) is 37.1 Å². The SMILES string of the molecule is CCNC(=NCc1ccc(C(N)=O)o1)NCC(C(C)C)N1CCOCC1.I. The monoisotopic (exact) mass is 493 g/mol. The zero-order valence-corrected chi connectivity index (χ0v) is 18.7. The molecular weight excluding hydrogens is 461 g/mol. The number of ether oxygens (including phenoxy) is 1. The maximum absolute atomic E-state index is 11.1. The minimum Gasteiger partial charge on any atom is -0.454 e. The molecule has 2 rings (SSSR count). The van der Waals surface area contributed by atoms with Crippen LogP contribution in [0.25, 0.3) is 0 Å². The average molecular weight is 493 g/mol. The largest absolute Gasteiger partial charge is 0.454 e. The minimum absolute atomic E-state index is 0. The topological polar surface area (TPSA) is 105 Å². The molecule has 9 heteroatoms. The van der Waals surface area contributed by atoms with Crippen molar-refractivity contribution in [1.29, 1.82) is 0 Å². The lowest BCUT2D eigenvalue weighted by atomic mass is 10.0. The van der Waals surface area contributed by atoms with E-state index in [9.17, 15) is 4.79 Å². The van der Waals surface area contributed by atoms with Gasteiger partial charge in [0.25, 0.3) is 5.91 Å². The molecule has 27 heavy (non-hydrogen) atoms. The van der Waals surface area contributed by atoms with Crippen molar-refractivity contribution in [2.24, 2.45) is 16.6 Å². The standard InChI is InChI=1S/C18H31N5O3.HI/c1-4-20-18(21-11-14-5-6-16(26-14)17(19)24)22-12-15(13(2)3)23-7-9-25-10-8-23;/h5-6,13,15H,4,7-12H2,1-3H3,(H2,19,24)(H2,20,21,22);1H. The Balaban J connectivity index is 0.00000364. The Kier molecular flexibility index (Phi) is 10.7. The van der Waals surface area contributed by atoms with E-state index in [1.54, 1.807) is 12.1 Å². The molecule has 4 N–H and O–H groups in total. The van der Waals surface area contributed by atoms with E-state index < -0.39 is 5.91 Å². The normalized spacial score (nSPS) is 16.7. The lowest BCUT2D eigenvalue weighted by Gasteiger charge is -2.37. The third-order valence-corrected chi connectivity index (χ3v) is 4.40. The number of hydrogen-bond acceptors (Lipinski definition) is 5. The molecule has 0 aromatic carbocycles. The number of guanidine groups is 1. The molecule has 2 heterocycles. The number of morpholine rings is 1. The molecule has 1 aromatic rings. The summed E-state index contributed by atoms with van der Waals surface area (Å²) in [6.45, 7) is 11.9. The number of primary amides is 1. The van der Waals surface area contributed by atoms with Crippen molar-refractivity contribution in [2.45, 2.75) is 33.4 Å². The lowest BCUT2D eigenvalue weighted by molar-refractivity contribution is 0.00752. The summed E-state index contributed by atoms with van der Waals surface area (Å²) in [6, 6.07) is 3.70. The first-order chi connectivity index (χ1) is 12.5. The molecular formula is C18H32IN5O3. The number of aliphatic imine (C=N–C) groups is 1. The van der Waals surface area contributed by atoms with Gasteiger partial charge >= 0.3 is 0 Å². The van der Waals surface area contributed by atoms with E-state index in [1.165, 1.54) is 0 Å². The molecule has 1 aromatic heterocycles. The Labute approximate surface area is 178 Å². The fraction of sp³-hybridized carbons (Fsp3) is 0.667. The van der Waals surface area contributed by atoms with Crippen molar-refractivity contribution in [1.82, 2.24) is 15.5 Å². The number of nitrogens with one attached hydrogen (secondary N) is 2. The van der Waals surface area contributed by atoms with Crippen LogP contribution in [0.15, 0.2) is 21.5 Å². The molecule has 1 aliphatic heterocycles. The number of carbonyl (C=O) groups is 1. The molecule has 0 saturated carbocycles. The van der Waals surface area contributed by atoms with Crippen LogP contribution in [-0.4, -0.2) is 62.2 Å². The fourth-order valence-corrected chi connectivity index (χ4v) is 2.99. The van der Waals surface area contributed by atoms with Crippen LogP contribution in [-0.2, 0) is 11.3 Å². The van der Waals surface area contributed by atoms with Gasteiger partial charge in [0.15, 0.2) is 11.7 Å². The van der Waals surface area contributed by atoms with Gasteiger partial charge in [-0.15, -0.1) is 24.0 Å². The number of hydrogen-bond donors (Lipinski definition) is 3. The van der Waals surface area contributed by atoms with Crippen LogP contribution in [0.2, 0.25) is 0 Å². The van der Waals surface area contributed by atoms with Gasteiger partial charge in [-0.05, 0) is 25.0 Å². The summed E-state index contributed by atoms with van der Waals surface area (Å²) in [5.41, 5.74) is 5.20. The highest BCUT2D eigenvalue weighted by molar-refractivity contribution is 14.0. The van der Waals surface area contributed by atoms with E-state index in [0.29, 0.717) is 24.3 Å². The fourth-order valence-electron chi connectivity index (χ4n) is 2.99. The maximum atomic E-state index is 11.1. The molecule has 0 radical (unpaired) electrons. The van der Waals surface area contributed by atoms with E-state index in [-0.39, 0.29) is 29.7 Å². The van der Waals surface area contributed by atoms with Crippen LogP contribution in [0.3, 0.4) is 0 Å². The Morgan fingerprint density at radius 3 is 2.56 bits per heavy atom. The van der Waals surface area contributed by atoms with E-state index in [4.69, 9.17) is 14.9 Å². The van der Waals surface area contributed by atoms with Gasteiger partial charge in [0.2, 0.25) is 0 Å². The highest BCUT2D eigenvalue weighted by Gasteiger charge is 2.23.